The van der Waals surface area contributed by atoms with Gasteiger partial charge in [-0.3, -0.25) is 0 Å². The second kappa shape index (κ2) is 6.49. The average molecular weight is 279 g/mol. The average Bonchev–Trinajstić information content (AvgIpc) is 2.83. The Morgan fingerprint density at radius 3 is 2.74 bits per heavy atom. The number of amides is 2. The van der Waals surface area contributed by atoms with E-state index in [1.165, 1.54) is 0 Å². The number of hydrogen-bond acceptors (Lipinski definition) is 3. The molecule has 0 aromatic heterocycles. The van der Waals surface area contributed by atoms with Crippen LogP contribution in [0.4, 0.5) is 10.5 Å². The van der Waals surface area contributed by atoms with Crippen LogP contribution in [0.2, 0.25) is 0 Å². The molecule has 0 radical (unpaired) electrons. The minimum atomic E-state index is -0.211. The third-order valence-corrected chi connectivity index (χ3v) is 3.00. The Bertz CT molecular complexity index is 455. The third-order valence-electron chi connectivity index (χ3n) is 2.86. The molecule has 1 atom stereocenters. The van der Waals surface area contributed by atoms with Crippen LogP contribution in [0, 0.1) is 0 Å². The lowest BCUT2D eigenvalue weighted by Crippen LogP contribution is -2.38. The third kappa shape index (κ3) is 4.50. The normalized spacial score (nSPS) is 18.0. The van der Waals surface area contributed by atoms with E-state index >= 15 is 0 Å². The van der Waals surface area contributed by atoms with Gasteiger partial charge in [0.2, 0.25) is 0 Å². The summed E-state index contributed by atoms with van der Waals surface area (Å²) in [5, 5.41) is 5.64. The maximum absolute atomic E-state index is 11.7. The lowest BCUT2D eigenvalue weighted by molar-refractivity contribution is 0.189. The topological polar surface area (TPSA) is 76.4 Å². The Morgan fingerprint density at radius 2 is 2.16 bits per heavy atom. The molecule has 0 bridgehead atoms. The van der Waals surface area contributed by atoms with Crippen molar-refractivity contribution >= 4 is 28.9 Å². The molecule has 1 saturated heterocycles. The number of nitrogens with one attached hydrogen (secondary N) is 2. The van der Waals surface area contributed by atoms with E-state index in [-0.39, 0.29) is 12.1 Å². The number of carbonyl (C=O) groups is 1. The summed E-state index contributed by atoms with van der Waals surface area (Å²) >= 11 is 4.85. The van der Waals surface area contributed by atoms with Gasteiger partial charge in [-0.05, 0) is 24.1 Å². The van der Waals surface area contributed by atoms with Crippen LogP contribution < -0.4 is 16.4 Å². The second-order valence-corrected chi connectivity index (χ2v) is 5.02. The van der Waals surface area contributed by atoms with Gasteiger partial charge in [0.05, 0.1) is 17.6 Å². The molecule has 1 aliphatic rings. The zero-order chi connectivity index (χ0) is 13.7. The Morgan fingerprint density at radius 1 is 1.42 bits per heavy atom. The van der Waals surface area contributed by atoms with E-state index in [0.717, 1.165) is 17.7 Å². The molecule has 1 aliphatic heterocycles. The highest BCUT2D eigenvalue weighted by Crippen LogP contribution is 2.10. The molecule has 2 rings (SSSR count). The van der Waals surface area contributed by atoms with E-state index in [1.54, 1.807) is 0 Å². The summed E-state index contributed by atoms with van der Waals surface area (Å²) in [6.07, 6.45) is 1.43. The molecule has 1 fully saturated rings. The van der Waals surface area contributed by atoms with E-state index in [0.29, 0.717) is 24.6 Å². The summed E-state index contributed by atoms with van der Waals surface area (Å²) in [5.41, 5.74) is 7.24. The highest BCUT2D eigenvalue weighted by Gasteiger charge is 2.17. The van der Waals surface area contributed by atoms with Crippen LogP contribution >= 0.6 is 12.2 Å². The Balaban J connectivity index is 1.84. The molecule has 1 aromatic carbocycles. The fourth-order valence-corrected chi connectivity index (χ4v) is 2.07. The van der Waals surface area contributed by atoms with Crippen LogP contribution in [0.15, 0.2) is 24.3 Å². The molecular formula is C13H17N3O2S. The zero-order valence-electron chi connectivity index (χ0n) is 10.5. The largest absolute Gasteiger partial charge is 0.393 e. The highest BCUT2D eigenvalue weighted by molar-refractivity contribution is 7.80. The standard InChI is InChI=1S/C13H17N3O2S/c14-12(19)7-9-1-3-10(4-2-9)15-13(17)16-11-5-6-18-8-11/h1-4,11H,5-8H2,(H2,14,19)(H2,15,16,17). The van der Waals surface area contributed by atoms with Crippen molar-refractivity contribution in [2.45, 2.75) is 18.9 Å². The molecule has 102 valence electrons. The summed E-state index contributed by atoms with van der Waals surface area (Å²) in [6, 6.07) is 7.35. The summed E-state index contributed by atoms with van der Waals surface area (Å²) in [5.74, 6) is 0. The first kappa shape index (κ1) is 13.8. The van der Waals surface area contributed by atoms with Crippen LogP contribution in [0.5, 0.6) is 0 Å². The van der Waals surface area contributed by atoms with Gasteiger partial charge in [-0.15, -0.1) is 0 Å². The number of ether oxygens (including phenoxy) is 1. The SMILES string of the molecule is NC(=S)Cc1ccc(NC(=O)NC2CCOC2)cc1. The lowest BCUT2D eigenvalue weighted by atomic mass is 10.1. The van der Waals surface area contributed by atoms with E-state index in [2.05, 4.69) is 10.6 Å². The van der Waals surface area contributed by atoms with Gasteiger partial charge < -0.3 is 21.1 Å². The fourth-order valence-electron chi connectivity index (χ4n) is 1.91. The van der Waals surface area contributed by atoms with Crippen molar-refractivity contribution in [3.05, 3.63) is 29.8 Å². The molecule has 5 nitrogen and oxygen atoms in total. The zero-order valence-corrected chi connectivity index (χ0v) is 11.3. The summed E-state index contributed by atoms with van der Waals surface area (Å²) < 4.78 is 5.19. The van der Waals surface area contributed by atoms with Gasteiger partial charge in [0.25, 0.3) is 0 Å². The predicted octanol–water partition coefficient (Wildman–Crippen LogP) is 1.43. The Hall–Kier alpha value is -1.66. The molecule has 1 unspecified atom stereocenters. The summed E-state index contributed by atoms with van der Waals surface area (Å²) in [4.78, 5) is 12.2. The molecule has 19 heavy (non-hydrogen) atoms. The lowest BCUT2D eigenvalue weighted by Gasteiger charge is -2.12. The van der Waals surface area contributed by atoms with Gasteiger partial charge in [0.15, 0.2) is 0 Å². The maximum Gasteiger partial charge on any atom is 0.319 e. The molecule has 2 amide bonds. The van der Waals surface area contributed by atoms with Crippen molar-refractivity contribution in [2.24, 2.45) is 5.73 Å². The van der Waals surface area contributed by atoms with Gasteiger partial charge in [-0.2, -0.15) is 0 Å². The Kier molecular flexibility index (Phi) is 4.70. The first-order chi connectivity index (χ1) is 9.13. The fraction of sp³-hybridized carbons (Fsp3) is 0.385. The molecule has 4 N–H and O–H groups in total. The number of anilines is 1. The van der Waals surface area contributed by atoms with Crippen molar-refractivity contribution in [3.8, 4) is 0 Å². The van der Waals surface area contributed by atoms with Gasteiger partial charge in [0.1, 0.15) is 0 Å². The van der Waals surface area contributed by atoms with Crippen LogP contribution in [0.3, 0.4) is 0 Å². The first-order valence-electron chi connectivity index (χ1n) is 6.16. The molecule has 0 saturated carbocycles. The van der Waals surface area contributed by atoms with Crippen molar-refractivity contribution < 1.29 is 9.53 Å². The molecule has 1 aromatic rings. The number of urea groups is 1. The Labute approximate surface area is 117 Å². The van der Waals surface area contributed by atoms with Crippen molar-refractivity contribution in [1.29, 1.82) is 0 Å². The molecule has 1 heterocycles. The number of rotatable bonds is 4. The monoisotopic (exact) mass is 279 g/mol. The number of hydrogen-bond donors (Lipinski definition) is 3. The highest BCUT2D eigenvalue weighted by atomic mass is 32.1. The predicted molar refractivity (Wildman–Crippen MR) is 78.3 cm³/mol. The number of carbonyl (C=O) groups excluding carboxylic acids is 1. The number of nitrogens with two attached hydrogens (primary N) is 1. The van der Waals surface area contributed by atoms with Crippen LogP contribution in [-0.2, 0) is 11.2 Å². The van der Waals surface area contributed by atoms with Gasteiger partial charge >= 0.3 is 6.03 Å². The van der Waals surface area contributed by atoms with Gasteiger partial charge in [-0.25, -0.2) is 4.79 Å². The minimum Gasteiger partial charge on any atom is -0.393 e. The summed E-state index contributed by atoms with van der Waals surface area (Å²) in [7, 11) is 0. The number of thiocarbonyl (C=S) groups is 1. The molecule has 6 heteroatoms. The molecule has 0 aliphatic carbocycles. The first-order valence-corrected chi connectivity index (χ1v) is 6.57. The summed E-state index contributed by atoms with van der Waals surface area (Å²) in [6.45, 7) is 1.29. The van der Waals surface area contributed by atoms with E-state index in [1.807, 2.05) is 24.3 Å². The van der Waals surface area contributed by atoms with E-state index in [4.69, 9.17) is 22.7 Å². The van der Waals surface area contributed by atoms with Gasteiger partial charge in [0, 0.05) is 18.7 Å². The minimum absolute atomic E-state index is 0.105. The van der Waals surface area contributed by atoms with E-state index < -0.39 is 0 Å². The van der Waals surface area contributed by atoms with E-state index in [9.17, 15) is 4.79 Å². The second-order valence-electron chi connectivity index (χ2n) is 4.50. The quantitative estimate of drug-likeness (QED) is 0.729. The van der Waals surface area contributed by atoms with Gasteiger partial charge in [-0.1, -0.05) is 24.4 Å². The molecular weight excluding hydrogens is 262 g/mol. The van der Waals surface area contributed by atoms with Crippen LogP contribution in [0.25, 0.3) is 0 Å². The smallest absolute Gasteiger partial charge is 0.319 e. The van der Waals surface area contributed by atoms with Crippen molar-refractivity contribution in [3.63, 3.8) is 0 Å². The maximum atomic E-state index is 11.7. The van der Waals surface area contributed by atoms with Crippen LogP contribution in [0.1, 0.15) is 12.0 Å². The number of benzene rings is 1. The molecule has 0 spiro atoms. The van der Waals surface area contributed by atoms with Crippen molar-refractivity contribution in [1.82, 2.24) is 5.32 Å². The van der Waals surface area contributed by atoms with Crippen molar-refractivity contribution in [2.75, 3.05) is 18.5 Å². The van der Waals surface area contributed by atoms with Crippen LogP contribution in [-0.4, -0.2) is 30.3 Å².